The van der Waals surface area contributed by atoms with Crippen molar-refractivity contribution >= 4 is 22.5 Å². The SMILES string of the molecule is C[Si](C)(C)ON=C(O[Si](C)(C)C)c1ccccc1. The van der Waals surface area contributed by atoms with Crippen molar-refractivity contribution in [1.82, 2.24) is 0 Å². The molecule has 0 saturated carbocycles. The summed E-state index contributed by atoms with van der Waals surface area (Å²) < 4.78 is 11.6. The van der Waals surface area contributed by atoms with Crippen molar-refractivity contribution in [2.45, 2.75) is 39.3 Å². The average molecular weight is 282 g/mol. The molecule has 0 fully saturated rings. The van der Waals surface area contributed by atoms with E-state index in [0.717, 1.165) is 5.56 Å². The van der Waals surface area contributed by atoms with Crippen LogP contribution in [0.2, 0.25) is 39.3 Å². The molecule has 1 aromatic carbocycles. The van der Waals surface area contributed by atoms with Gasteiger partial charge in [-0.2, -0.15) is 0 Å². The Hall–Kier alpha value is -1.08. The van der Waals surface area contributed by atoms with Gasteiger partial charge in [0.2, 0.25) is 14.2 Å². The molecule has 18 heavy (non-hydrogen) atoms. The predicted octanol–water partition coefficient (Wildman–Crippen LogP) is 4.05. The lowest BCUT2D eigenvalue weighted by atomic mass is 10.2. The molecule has 1 aromatic rings. The van der Waals surface area contributed by atoms with Gasteiger partial charge >= 0.3 is 0 Å². The van der Waals surface area contributed by atoms with E-state index in [-0.39, 0.29) is 0 Å². The van der Waals surface area contributed by atoms with Gasteiger partial charge in [-0.1, -0.05) is 23.4 Å². The summed E-state index contributed by atoms with van der Waals surface area (Å²) in [4.78, 5) is 0. The van der Waals surface area contributed by atoms with Crippen LogP contribution in [0.4, 0.5) is 0 Å². The molecular weight excluding hydrogens is 258 g/mol. The summed E-state index contributed by atoms with van der Waals surface area (Å²) >= 11 is 0. The Morgan fingerprint density at radius 3 is 1.89 bits per heavy atom. The molecule has 0 bridgehead atoms. The maximum atomic E-state index is 6.01. The summed E-state index contributed by atoms with van der Waals surface area (Å²) in [6, 6.07) is 9.92. The lowest BCUT2D eigenvalue weighted by molar-refractivity contribution is 0.320. The number of benzene rings is 1. The lowest BCUT2D eigenvalue weighted by Gasteiger charge is -2.22. The lowest BCUT2D eigenvalue weighted by Crippen LogP contribution is -2.31. The second-order valence-electron chi connectivity index (χ2n) is 6.18. The molecule has 3 nitrogen and oxygen atoms in total. The van der Waals surface area contributed by atoms with Crippen LogP contribution in [0.25, 0.3) is 0 Å². The molecule has 0 unspecified atom stereocenters. The average Bonchev–Trinajstić information content (AvgIpc) is 2.23. The van der Waals surface area contributed by atoms with E-state index in [9.17, 15) is 0 Å². The molecule has 0 radical (unpaired) electrons. The highest BCUT2D eigenvalue weighted by Crippen LogP contribution is 2.12. The van der Waals surface area contributed by atoms with Crippen molar-refractivity contribution in [3.8, 4) is 0 Å². The van der Waals surface area contributed by atoms with E-state index in [0.29, 0.717) is 5.90 Å². The van der Waals surface area contributed by atoms with Crippen molar-refractivity contribution in [2.24, 2.45) is 5.16 Å². The first-order valence-electron chi connectivity index (χ1n) is 6.18. The van der Waals surface area contributed by atoms with Crippen molar-refractivity contribution in [3.63, 3.8) is 0 Å². The van der Waals surface area contributed by atoms with E-state index in [1.807, 2.05) is 30.3 Å². The maximum Gasteiger partial charge on any atom is 0.278 e. The Bertz CT molecular complexity index is 405. The molecule has 0 heterocycles. The van der Waals surface area contributed by atoms with Crippen LogP contribution in [0.15, 0.2) is 35.5 Å². The van der Waals surface area contributed by atoms with Gasteiger partial charge in [0.25, 0.3) is 8.32 Å². The normalized spacial score (nSPS) is 13.3. The first kappa shape index (κ1) is 15.0. The van der Waals surface area contributed by atoms with Gasteiger partial charge < -0.3 is 8.95 Å². The zero-order chi connectivity index (χ0) is 13.8. The van der Waals surface area contributed by atoms with E-state index in [4.69, 9.17) is 8.95 Å². The van der Waals surface area contributed by atoms with Crippen molar-refractivity contribution in [1.29, 1.82) is 0 Å². The largest absolute Gasteiger partial charge is 0.529 e. The zero-order valence-corrected chi connectivity index (χ0v) is 14.2. The highest BCUT2D eigenvalue weighted by atomic mass is 28.4. The smallest absolute Gasteiger partial charge is 0.278 e. The Kier molecular flexibility index (Phi) is 4.75. The molecule has 100 valence electrons. The number of oxime groups is 1. The molecule has 0 aromatic heterocycles. The van der Waals surface area contributed by atoms with Crippen LogP contribution in [-0.4, -0.2) is 22.5 Å². The van der Waals surface area contributed by atoms with Gasteiger partial charge in [0.1, 0.15) is 0 Å². The van der Waals surface area contributed by atoms with Crippen LogP contribution in [-0.2, 0) is 8.95 Å². The van der Waals surface area contributed by atoms with E-state index in [2.05, 4.69) is 44.4 Å². The van der Waals surface area contributed by atoms with Gasteiger partial charge in [0.15, 0.2) is 0 Å². The Morgan fingerprint density at radius 1 is 0.889 bits per heavy atom. The van der Waals surface area contributed by atoms with E-state index in [1.165, 1.54) is 0 Å². The summed E-state index contributed by atoms with van der Waals surface area (Å²) in [7, 11) is -3.38. The monoisotopic (exact) mass is 281 g/mol. The summed E-state index contributed by atoms with van der Waals surface area (Å²) in [5, 5.41) is 4.24. The van der Waals surface area contributed by atoms with Crippen molar-refractivity contribution in [3.05, 3.63) is 35.9 Å². The molecule has 5 heteroatoms. The standard InChI is InChI=1S/C13H23NO2Si2/c1-17(2,3)15-13(14-16-18(4,5)6)12-10-8-7-9-11-12/h7-11H,1-6H3. The van der Waals surface area contributed by atoms with Gasteiger partial charge in [-0.25, -0.2) is 0 Å². The van der Waals surface area contributed by atoms with Crippen LogP contribution in [0.3, 0.4) is 0 Å². The van der Waals surface area contributed by atoms with Crippen LogP contribution < -0.4 is 0 Å². The summed E-state index contributed by atoms with van der Waals surface area (Å²) in [5.74, 6) is 0.609. The zero-order valence-electron chi connectivity index (χ0n) is 12.2. The van der Waals surface area contributed by atoms with E-state index < -0.39 is 16.6 Å². The van der Waals surface area contributed by atoms with Crippen LogP contribution in [0.5, 0.6) is 0 Å². The van der Waals surface area contributed by atoms with Crippen LogP contribution in [0.1, 0.15) is 5.56 Å². The number of rotatable bonds is 4. The molecule has 1 rings (SSSR count). The minimum absolute atomic E-state index is 0.609. The second kappa shape index (κ2) is 5.71. The Morgan fingerprint density at radius 2 is 1.44 bits per heavy atom. The first-order chi connectivity index (χ1) is 8.17. The molecule has 0 aliphatic rings. The highest BCUT2D eigenvalue weighted by Gasteiger charge is 2.22. The molecule has 0 amide bonds. The van der Waals surface area contributed by atoms with Crippen molar-refractivity contribution in [2.75, 3.05) is 0 Å². The third-order valence-corrected chi connectivity index (χ3v) is 3.27. The van der Waals surface area contributed by atoms with E-state index >= 15 is 0 Å². The predicted molar refractivity (Wildman–Crippen MR) is 81.8 cm³/mol. The quantitative estimate of drug-likeness (QED) is 0.361. The van der Waals surface area contributed by atoms with E-state index in [1.54, 1.807) is 0 Å². The molecule has 0 spiro atoms. The summed E-state index contributed by atoms with van der Waals surface area (Å²) in [6.45, 7) is 12.7. The molecule has 0 N–H and O–H groups in total. The highest BCUT2D eigenvalue weighted by molar-refractivity contribution is 6.71. The maximum absolute atomic E-state index is 6.01. The fraction of sp³-hybridized carbons (Fsp3) is 0.462. The molecule has 0 atom stereocenters. The first-order valence-corrected chi connectivity index (χ1v) is 13.0. The van der Waals surface area contributed by atoms with Gasteiger partial charge in [-0.15, -0.1) is 0 Å². The van der Waals surface area contributed by atoms with Gasteiger partial charge in [-0.05, 0) is 51.4 Å². The fourth-order valence-corrected chi connectivity index (χ4v) is 2.27. The van der Waals surface area contributed by atoms with Gasteiger partial charge in [-0.3, -0.25) is 0 Å². The Labute approximate surface area is 112 Å². The number of nitrogens with zero attached hydrogens (tertiary/aromatic N) is 1. The van der Waals surface area contributed by atoms with Crippen LogP contribution in [0, 0.1) is 0 Å². The minimum atomic E-state index is -1.69. The van der Waals surface area contributed by atoms with Crippen molar-refractivity contribution < 1.29 is 8.95 Å². The summed E-state index contributed by atoms with van der Waals surface area (Å²) in [6.07, 6.45) is 0. The minimum Gasteiger partial charge on any atom is -0.529 e. The third-order valence-electron chi connectivity index (χ3n) is 1.83. The molecule has 0 aliphatic heterocycles. The third kappa shape index (κ3) is 6.02. The molecule has 0 aliphatic carbocycles. The number of hydrogen-bond acceptors (Lipinski definition) is 3. The van der Waals surface area contributed by atoms with Gasteiger partial charge in [0.05, 0.1) is 0 Å². The summed E-state index contributed by atoms with van der Waals surface area (Å²) in [5.41, 5.74) is 0.971. The molecular formula is C13H23NO2Si2. The Balaban J connectivity index is 2.96. The fourth-order valence-electron chi connectivity index (χ4n) is 1.18. The van der Waals surface area contributed by atoms with Crippen LogP contribution >= 0.6 is 0 Å². The van der Waals surface area contributed by atoms with Gasteiger partial charge in [0, 0.05) is 5.56 Å². The topological polar surface area (TPSA) is 30.8 Å². The second-order valence-corrected chi connectivity index (χ2v) is 15.0. The molecule has 0 saturated heterocycles. The number of hydrogen-bond donors (Lipinski definition) is 0.